The Morgan fingerprint density at radius 2 is 1.98 bits per heavy atom. The van der Waals surface area contributed by atoms with Gasteiger partial charge in [0, 0.05) is 47.5 Å². The van der Waals surface area contributed by atoms with Crippen LogP contribution in [0.4, 0.5) is 15.9 Å². The van der Waals surface area contributed by atoms with E-state index in [0.717, 1.165) is 56.0 Å². The maximum atomic E-state index is 13.8. The van der Waals surface area contributed by atoms with Gasteiger partial charge in [0.2, 0.25) is 0 Å². The average Bonchev–Trinajstić information content (AvgIpc) is 3.75. The van der Waals surface area contributed by atoms with Crippen LogP contribution in [0.1, 0.15) is 43.4 Å². The molecule has 3 aromatic rings. The minimum atomic E-state index is -1.00. The van der Waals surface area contributed by atoms with Gasteiger partial charge in [0.15, 0.2) is 5.83 Å². The van der Waals surface area contributed by atoms with Gasteiger partial charge in [-0.3, -0.25) is 9.69 Å². The minimum absolute atomic E-state index is 0.0681. The van der Waals surface area contributed by atoms with Crippen LogP contribution in [0.5, 0.6) is 6.01 Å². The summed E-state index contributed by atoms with van der Waals surface area (Å²) >= 11 is 1.75. The fourth-order valence-electron chi connectivity index (χ4n) is 7.58. The standard InChI is InChI=1S/C32H36FN7O2S/c1-22(33)30(41)40-17-16-38(19-23(40)7-12-34)29-24-8-15-37(27-5-2-6-28-25(27)9-18-43-28)20-26(24)35-31(36-29)42-21-32-10-3-13-39(32)14-4-11-32/h2,5-6,9,18,23H,1,3-4,7-8,10-11,13-17,19-21H2/t23-/m0/s1. The Balaban J connectivity index is 1.21. The lowest BCUT2D eigenvalue weighted by Crippen LogP contribution is -2.55. The molecule has 0 unspecified atom stereocenters. The zero-order chi connectivity index (χ0) is 29.6. The predicted molar refractivity (Wildman–Crippen MR) is 165 cm³/mol. The summed E-state index contributed by atoms with van der Waals surface area (Å²) in [6.07, 6.45) is 5.51. The number of benzene rings is 1. The van der Waals surface area contributed by atoms with Crippen LogP contribution in [0.3, 0.4) is 0 Å². The van der Waals surface area contributed by atoms with E-state index in [-0.39, 0.29) is 18.5 Å². The molecule has 9 nitrogen and oxygen atoms in total. The van der Waals surface area contributed by atoms with Gasteiger partial charge in [0.25, 0.3) is 5.91 Å². The van der Waals surface area contributed by atoms with Crippen molar-refractivity contribution in [2.45, 2.75) is 56.7 Å². The van der Waals surface area contributed by atoms with Gasteiger partial charge < -0.3 is 19.4 Å². The molecule has 0 spiro atoms. The molecule has 0 saturated carbocycles. The third-order valence-electron chi connectivity index (χ3n) is 9.72. The summed E-state index contributed by atoms with van der Waals surface area (Å²) in [6.45, 7) is 8.60. The number of hydrogen-bond donors (Lipinski definition) is 0. The number of ether oxygens (including phenoxy) is 1. The number of nitriles is 1. The van der Waals surface area contributed by atoms with Gasteiger partial charge in [-0.1, -0.05) is 12.6 Å². The molecular weight excluding hydrogens is 565 g/mol. The molecule has 2 aromatic heterocycles. The van der Waals surface area contributed by atoms with E-state index in [1.54, 1.807) is 11.3 Å². The summed E-state index contributed by atoms with van der Waals surface area (Å²) < 4.78 is 21.6. The van der Waals surface area contributed by atoms with Gasteiger partial charge in [-0.05, 0) is 68.8 Å². The zero-order valence-corrected chi connectivity index (χ0v) is 25.1. The monoisotopic (exact) mass is 601 g/mol. The van der Waals surface area contributed by atoms with Gasteiger partial charge in [0.1, 0.15) is 12.4 Å². The number of aromatic nitrogens is 2. The first kappa shape index (κ1) is 28.0. The van der Waals surface area contributed by atoms with Gasteiger partial charge in [-0.15, -0.1) is 11.3 Å². The van der Waals surface area contributed by atoms with Crippen molar-refractivity contribution in [1.29, 1.82) is 5.26 Å². The molecule has 43 heavy (non-hydrogen) atoms. The Morgan fingerprint density at radius 1 is 1.14 bits per heavy atom. The first-order valence-corrected chi connectivity index (χ1v) is 16.1. The quantitative estimate of drug-likeness (QED) is 0.361. The van der Waals surface area contributed by atoms with Crippen LogP contribution in [0.15, 0.2) is 42.1 Å². The number of hydrogen-bond acceptors (Lipinski definition) is 9. The molecule has 11 heteroatoms. The molecule has 0 bridgehead atoms. The second-order valence-electron chi connectivity index (χ2n) is 12.1. The fourth-order valence-corrected chi connectivity index (χ4v) is 8.39. The Morgan fingerprint density at radius 3 is 2.77 bits per heavy atom. The lowest BCUT2D eigenvalue weighted by Gasteiger charge is -2.42. The number of piperazine rings is 1. The summed E-state index contributed by atoms with van der Waals surface area (Å²) in [5.74, 6) is -0.946. The second kappa shape index (κ2) is 11.4. The first-order chi connectivity index (χ1) is 21.0. The first-order valence-electron chi connectivity index (χ1n) is 15.2. The number of carbonyl (C=O) groups excluding carboxylic acids is 1. The lowest BCUT2D eigenvalue weighted by molar-refractivity contribution is -0.131. The van der Waals surface area contributed by atoms with Gasteiger partial charge in [-0.25, -0.2) is 4.39 Å². The maximum absolute atomic E-state index is 13.8. The highest BCUT2D eigenvalue weighted by atomic mass is 32.1. The van der Waals surface area contributed by atoms with Gasteiger partial charge in [-0.2, -0.15) is 15.2 Å². The Bertz CT molecular complexity index is 1590. The molecule has 224 valence electrons. The topological polar surface area (TPSA) is 88.8 Å². The Kier molecular flexibility index (Phi) is 7.43. The third kappa shape index (κ3) is 5.10. The van der Waals surface area contributed by atoms with Crippen molar-refractivity contribution in [2.24, 2.45) is 0 Å². The van der Waals surface area contributed by atoms with Crippen molar-refractivity contribution in [3.05, 3.63) is 53.3 Å². The molecule has 0 radical (unpaired) electrons. The van der Waals surface area contributed by atoms with Crippen molar-refractivity contribution < 1.29 is 13.9 Å². The van der Waals surface area contributed by atoms with Crippen molar-refractivity contribution in [3.63, 3.8) is 0 Å². The maximum Gasteiger partial charge on any atom is 0.318 e. The van der Waals surface area contributed by atoms with Gasteiger partial charge >= 0.3 is 6.01 Å². The molecule has 4 aliphatic heterocycles. The lowest BCUT2D eigenvalue weighted by atomic mass is 9.95. The van der Waals surface area contributed by atoms with Crippen LogP contribution in [0.2, 0.25) is 0 Å². The summed E-state index contributed by atoms with van der Waals surface area (Å²) in [6, 6.07) is 10.7. The van der Waals surface area contributed by atoms with E-state index in [1.165, 1.54) is 33.5 Å². The van der Waals surface area contributed by atoms with Crippen LogP contribution in [0.25, 0.3) is 10.1 Å². The highest BCUT2D eigenvalue weighted by molar-refractivity contribution is 7.17. The highest BCUT2D eigenvalue weighted by Gasteiger charge is 2.45. The van der Waals surface area contributed by atoms with Crippen LogP contribution in [-0.2, 0) is 17.8 Å². The number of nitrogens with zero attached hydrogens (tertiary/aromatic N) is 7. The number of thiophene rings is 1. The number of carbonyl (C=O) groups is 1. The van der Waals surface area contributed by atoms with Crippen molar-refractivity contribution in [3.8, 4) is 12.1 Å². The van der Waals surface area contributed by atoms with Gasteiger partial charge in [0.05, 0.1) is 36.3 Å². The number of amides is 1. The smallest absolute Gasteiger partial charge is 0.318 e. The second-order valence-corrected chi connectivity index (χ2v) is 13.1. The zero-order valence-electron chi connectivity index (χ0n) is 24.3. The van der Waals surface area contributed by atoms with Crippen LogP contribution in [0, 0.1) is 11.3 Å². The van der Waals surface area contributed by atoms with E-state index in [4.69, 9.17) is 14.7 Å². The summed E-state index contributed by atoms with van der Waals surface area (Å²) in [4.78, 5) is 31.1. The van der Waals surface area contributed by atoms with E-state index in [9.17, 15) is 14.4 Å². The molecule has 1 amide bonds. The average molecular weight is 602 g/mol. The highest BCUT2D eigenvalue weighted by Crippen LogP contribution is 2.40. The van der Waals surface area contributed by atoms with Crippen molar-refractivity contribution in [2.75, 3.05) is 55.7 Å². The molecular formula is C32H36FN7O2S. The molecule has 0 aliphatic carbocycles. The van der Waals surface area contributed by atoms with E-state index in [2.05, 4.69) is 57.0 Å². The molecule has 4 aliphatic rings. The predicted octanol–water partition coefficient (Wildman–Crippen LogP) is 4.68. The summed E-state index contributed by atoms with van der Waals surface area (Å²) in [5, 5.41) is 12.9. The number of anilines is 2. The van der Waals surface area contributed by atoms with E-state index in [1.807, 2.05) is 0 Å². The van der Waals surface area contributed by atoms with Crippen LogP contribution in [-0.4, -0.2) is 83.1 Å². The normalized spacial score (nSPS) is 21.5. The third-order valence-corrected chi connectivity index (χ3v) is 10.6. The van der Waals surface area contributed by atoms with Crippen molar-refractivity contribution >= 4 is 38.8 Å². The molecule has 1 atom stereocenters. The number of fused-ring (bicyclic) bond motifs is 3. The Hall–Kier alpha value is -3.75. The Labute approximate surface area is 255 Å². The summed E-state index contributed by atoms with van der Waals surface area (Å²) in [7, 11) is 0. The minimum Gasteiger partial charge on any atom is -0.461 e. The van der Waals surface area contributed by atoms with E-state index >= 15 is 0 Å². The molecule has 0 N–H and O–H groups in total. The molecule has 1 aromatic carbocycles. The molecule has 6 heterocycles. The van der Waals surface area contributed by atoms with Crippen LogP contribution < -0.4 is 14.5 Å². The van der Waals surface area contributed by atoms with E-state index in [0.29, 0.717) is 32.3 Å². The van der Waals surface area contributed by atoms with Crippen LogP contribution >= 0.6 is 11.3 Å². The number of rotatable bonds is 7. The summed E-state index contributed by atoms with van der Waals surface area (Å²) in [5.41, 5.74) is 3.29. The SMILES string of the molecule is C=C(F)C(=O)N1CCN(c2nc(OCC34CCCN3CCC4)nc3c2CCN(c2cccc4sccc24)C3)C[C@@H]1CC#N. The molecule has 7 rings (SSSR count). The van der Waals surface area contributed by atoms with E-state index < -0.39 is 17.8 Å². The van der Waals surface area contributed by atoms with Crippen molar-refractivity contribution in [1.82, 2.24) is 19.8 Å². The largest absolute Gasteiger partial charge is 0.461 e. The molecule has 3 fully saturated rings. The molecule has 3 saturated heterocycles. The number of halogens is 1. The fraction of sp³-hybridized carbons (Fsp3) is 0.500.